The average molecular weight is 485 g/mol. The molecule has 0 N–H and O–H groups in total. The standard InChI is InChI=1S/C22H14N.Ir/c1-14-20-17-11-6-5-10-16(17)18-12-7-13-19(21(18)20)23-22(14)15-8-3-2-4-9-15;/h2-8,10-13H,1H3;/q-1;. The molecule has 1 aromatic heterocycles. The van der Waals surface area contributed by atoms with Gasteiger partial charge in [0.15, 0.2) is 0 Å². The third kappa shape index (κ3) is 2.00. The summed E-state index contributed by atoms with van der Waals surface area (Å²) in [6.07, 6.45) is 0. The summed E-state index contributed by atoms with van der Waals surface area (Å²) >= 11 is 0. The summed E-state index contributed by atoms with van der Waals surface area (Å²) in [5, 5.41) is 1.28. The Morgan fingerprint density at radius 1 is 0.792 bits per heavy atom. The molecule has 5 rings (SSSR count). The van der Waals surface area contributed by atoms with Crippen LogP contribution in [0.15, 0.2) is 66.7 Å². The van der Waals surface area contributed by atoms with Crippen LogP contribution in [0.5, 0.6) is 0 Å². The molecule has 2 heteroatoms. The van der Waals surface area contributed by atoms with Crippen molar-refractivity contribution >= 4 is 10.9 Å². The van der Waals surface area contributed by atoms with Crippen LogP contribution >= 0.6 is 0 Å². The number of hydrogen-bond acceptors (Lipinski definition) is 1. The van der Waals surface area contributed by atoms with E-state index in [9.17, 15) is 0 Å². The van der Waals surface area contributed by atoms with Gasteiger partial charge >= 0.3 is 0 Å². The third-order valence-electron chi connectivity index (χ3n) is 4.71. The molecule has 4 aromatic rings. The van der Waals surface area contributed by atoms with Gasteiger partial charge in [0.25, 0.3) is 0 Å². The molecule has 0 saturated heterocycles. The van der Waals surface area contributed by atoms with Gasteiger partial charge in [-0.15, -0.1) is 35.9 Å². The Labute approximate surface area is 154 Å². The first kappa shape index (κ1) is 15.3. The molecule has 0 bridgehead atoms. The van der Waals surface area contributed by atoms with Crippen molar-refractivity contribution in [1.29, 1.82) is 0 Å². The fourth-order valence-electron chi connectivity index (χ4n) is 3.71. The summed E-state index contributed by atoms with van der Waals surface area (Å²) in [6, 6.07) is 26.4. The van der Waals surface area contributed by atoms with E-state index in [-0.39, 0.29) is 20.1 Å². The molecule has 0 fully saturated rings. The fraction of sp³-hybridized carbons (Fsp3) is 0.0455. The Hall–Kier alpha value is -2.28. The van der Waals surface area contributed by atoms with Gasteiger partial charge in [-0.05, 0) is 40.9 Å². The van der Waals surface area contributed by atoms with Gasteiger partial charge in [-0.1, -0.05) is 42.0 Å². The average Bonchev–Trinajstić information content (AvgIpc) is 2.95. The maximum absolute atomic E-state index is 4.96. The van der Waals surface area contributed by atoms with Crippen molar-refractivity contribution in [2.75, 3.05) is 0 Å². The zero-order valence-corrected chi connectivity index (χ0v) is 15.5. The van der Waals surface area contributed by atoms with E-state index >= 15 is 0 Å². The largest absolute Gasteiger partial charge is 0.296 e. The quantitative estimate of drug-likeness (QED) is 0.280. The third-order valence-corrected chi connectivity index (χ3v) is 4.71. The molecule has 0 saturated carbocycles. The van der Waals surface area contributed by atoms with E-state index in [0.29, 0.717) is 0 Å². The maximum atomic E-state index is 4.96. The van der Waals surface area contributed by atoms with Crippen LogP contribution in [0.25, 0.3) is 44.4 Å². The van der Waals surface area contributed by atoms with Gasteiger partial charge in [0, 0.05) is 25.5 Å². The Kier molecular flexibility index (Phi) is 3.60. The summed E-state index contributed by atoms with van der Waals surface area (Å²) < 4.78 is 0. The van der Waals surface area contributed by atoms with Gasteiger partial charge in [0.05, 0.1) is 5.52 Å². The molecule has 3 aromatic carbocycles. The van der Waals surface area contributed by atoms with Crippen LogP contribution in [0.4, 0.5) is 0 Å². The first-order valence-corrected chi connectivity index (χ1v) is 7.85. The van der Waals surface area contributed by atoms with Crippen LogP contribution in [0, 0.1) is 13.0 Å². The zero-order valence-electron chi connectivity index (χ0n) is 13.1. The molecule has 0 atom stereocenters. The van der Waals surface area contributed by atoms with Gasteiger partial charge < -0.3 is 0 Å². The van der Waals surface area contributed by atoms with E-state index in [0.717, 1.165) is 16.8 Å². The smallest absolute Gasteiger partial charge is 0.0608 e. The zero-order chi connectivity index (χ0) is 15.4. The minimum atomic E-state index is 0. The van der Waals surface area contributed by atoms with Crippen LogP contribution in [0.3, 0.4) is 0 Å². The first-order valence-electron chi connectivity index (χ1n) is 7.85. The van der Waals surface area contributed by atoms with Crippen molar-refractivity contribution in [1.82, 2.24) is 4.98 Å². The number of rotatable bonds is 1. The molecule has 117 valence electrons. The van der Waals surface area contributed by atoms with E-state index < -0.39 is 0 Å². The van der Waals surface area contributed by atoms with Crippen LogP contribution in [-0.2, 0) is 20.1 Å². The Morgan fingerprint density at radius 3 is 2.33 bits per heavy atom. The minimum absolute atomic E-state index is 0. The SMILES string of the molecule is Cc1c(-c2[c-]cccc2)nc2cccc3c2c1-c1ccccc1-3.[Ir]. The van der Waals surface area contributed by atoms with Crippen molar-refractivity contribution in [3.05, 3.63) is 78.4 Å². The molecule has 1 radical (unpaired) electrons. The van der Waals surface area contributed by atoms with Crippen molar-refractivity contribution in [2.24, 2.45) is 0 Å². The van der Waals surface area contributed by atoms with Crippen molar-refractivity contribution in [3.8, 4) is 33.5 Å². The summed E-state index contributed by atoms with van der Waals surface area (Å²) in [7, 11) is 0. The molecule has 0 amide bonds. The van der Waals surface area contributed by atoms with Crippen LogP contribution in [-0.4, -0.2) is 4.98 Å². The van der Waals surface area contributed by atoms with Gasteiger partial charge in [-0.25, -0.2) is 0 Å². The molecule has 1 nitrogen and oxygen atoms in total. The number of nitrogens with zero attached hydrogens (tertiary/aromatic N) is 1. The Bertz CT molecular complexity index is 1070. The number of aromatic nitrogens is 1. The molecule has 0 unspecified atom stereocenters. The summed E-state index contributed by atoms with van der Waals surface area (Å²) in [5.74, 6) is 0. The topological polar surface area (TPSA) is 12.9 Å². The van der Waals surface area contributed by atoms with Crippen LogP contribution in [0.1, 0.15) is 5.56 Å². The van der Waals surface area contributed by atoms with Crippen LogP contribution in [0.2, 0.25) is 0 Å². The summed E-state index contributed by atoms with van der Waals surface area (Å²) in [5.41, 5.74) is 9.63. The maximum Gasteiger partial charge on any atom is 0.0608 e. The Morgan fingerprint density at radius 2 is 1.54 bits per heavy atom. The van der Waals surface area contributed by atoms with Crippen molar-refractivity contribution in [2.45, 2.75) is 6.92 Å². The van der Waals surface area contributed by atoms with Gasteiger partial charge in [-0.3, -0.25) is 4.98 Å². The molecule has 1 aliphatic carbocycles. The Balaban J connectivity index is 0.00000146. The van der Waals surface area contributed by atoms with Gasteiger partial charge in [0.2, 0.25) is 0 Å². The molecule has 0 spiro atoms. The predicted molar refractivity (Wildman–Crippen MR) is 95.2 cm³/mol. The number of hydrogen-bond donors (Lipinski definition) is 0. The monoisotopic (exact) mass is 485 g/mol. The molecular formula is C22H14IrN-. The second kappa shape index (κ2) is 5.66. The number of benzene rings is 3. The van der Waals surface area contributed by atoms with Gasteiger partial charge in [0.1, 0.15) is 0 Å². The van der Waals surface area contributed by atoms with Crippen LogP contribution < -0.4 is 0 Å². The van der Waals surface area contributed by atoms with E-state index in [1.54, 1.807) is 0 Å². The second-order valence-electron chi connectivity index (χ2n) is 5.98. The van der Waals surface area contributed by atoms with E-state index in [4.69, 9.17) is 4.98 Å². The molecular weight excluding hydrogens is 470 g/mol. The number of fused-ring (bicyclic) bond motifs is 3. The molecule has 24 heavy (non-hydrogen) atoms. The van der Waals surface area contributed by atoms with Crippen molar-refractivity contribution in [3.63, 3.8) is 0 Å². The van der Waals surface area contributed by atoms with Gasteiger partial charge in [-0.2, -0.15) is 0 Å². The minimum Gasteiger partial charge on any atom is -0.296 e. The van der Waals surface area contributed by atoms with E-state index in [2.05, 4.69) is 61.5 Å². The predicted octanol–water partition coefficient (Wildman–Crippen LogP) is 5.66. The normalized spacial score (nSPS) is 11.2. The number of pyridine rings is 1. The van der Waals surface area contributed by atoms with E-state index in [1.807, 2.05) is 18.2 Å². The molecule has 1 aliphatic rings. The summed E-state index contributed by atoms with van der Waals surface area (Å²) in [4.78, 5) is 4.96. The van der Waals surface area contributed by atoms with Crippen molar-refractivity contribution < 1.29 is 20.1 Å². The fourth-order valence-corrected chi connectivity index (χ4v) is 3.71. The van der Waals surface area contributed by atoms with E-state index in [1.165, 1.54) is 33.2 Å². The second-order valence-corrected chi connectivity index (χ2v) is 5.98. The first-order chi connectivity index (χ1) is 11.3. The molecule has 0 aliphatic heterocycles. The molecule has 1 heterocycles. The summed E-state index contributed by atoms with van der Waals surface area (Å²) in [6.45, 7) is 2.18.